The summed E-state index contributed by atoms with van der Waals surface area (Å²) in [7, 11) is 0. The van der Waals surface area contributed by atoms with Crippen LogP contribution < -0.4 is 5.32 Å². The molecular formula is C12H15BrINO2. The Morgan fingerprint density at radius 1 is 1.53 bits per heavy atom. The molecule has 1 rings (SSSR count). The smallest absolute Gasteiger partial charge is 0.252 e. The highest BCUT2D eigenvalue weighted by molar-refractivity contribution is 14.1. The zero-order chi connectivity index (χ0) is 12.8. The van der Waals surface area contributed by atoms with Crippen molar-refractivity contribution in [3.05, 3.63) is 31.8 Å². The van der Waals surface area contributed by atoms with Gasteiger partial charge in [-0.1, -0.05) is 15.9 Å². The zero-order valence-electron chi connectivity index (χ0n) is 9.80. The topological polar surface area (TPSA) is 38.3 Å². The third-order valence-electron chi connectivity index (χ3n) is 2.01. The number of hydrogen-bond donors (Lipinski definition) is 1. The van der Waals surface area contributed by atoms with Crippen molar-refractivity contribution in [2.24, 2.45) is 0 Å². The number of ether oxygens (including phenoxy) is 1. The summed E-state index contributed by atoms with van der Waals surface area (Å²) >= 11 is 5.51. The molecule has 0 radical (unpaired) electrons. The Hall–Kier alpha value is -0.140. The summed E-state index contributed by atoms with van der Waals surface area (Å²) in [6, 6.07) is 5.64. The molecular weight excluding hydrogens is 397 g/mol. The van der Waals surface area contributed by atoms with Crippen LogP contribution in [-0.2, 0) is 4.74 Å². The van der Waals surface area contributed by atoms with Crippen LogP contribution in [0.4, 0.5) is 0 Å². The maximum Gasteiger partial charge on any atom is 0.252 e. The summed E-state index contributed by atoms with van der Waals surface area (Å²) in [5.74, 6) is -0.0666. The monoisotopic (exact) mass is 411 g/mol. The number of carbonyl (C=O) groups is 1. The van der Waals surface area contributed by atoms with Gasteiger partial charge in [-0.05, 0) is 54.6 Å². The molecule has 0 aliphatic rings. The molecule has 1 aromatic carbocycles. The van der Waals surface area contributed by atoms with E-state index in [2.05, 4.69) is 43.8 Å². The third-order valence-corrected chi connectivity index (χ3v) is 3.45. The van der Waals surface area contributed by atoms with E-state index >= 15 is 0 Å². The van der Waals surface area contributed by atoms with Crippen molar-refractivity contribution in [1.29, 1.82) is 0 Å². The predicted molar refractivity (Wildman–Crippen MR) is 80.3 cm³/mol. The molecule has 0 bridgehead atoms. The summed E-state index contributed by atoms with van der Waals surface area (Å²) in [6.07, 6.45) is 0.193. The van der Waals surface area contributed by atoms with Crippen LogP contribution in [0.3, 0.4) is 0 Å². The fourth-order valence-corrected chi connectivity index (χ4v) is 2.17. The molecule has 0 saturated heterocycles. The van der Waals surface area contributed by atoms with Crippen molar-refractivity contribution in [2.45, 2.75) is 20.0 Å². The molecule has 0 fully saturated rings. The number of carbonyl (C=O) groups excluding carboxylic acids is 1. The van der Waals surface area contributed by atoms with Gasteiger partial charge in [0.1, 0.15) is 0 Å². The van der Waals surface area contributed by atoms with E-state index in [1.807, 2.05) is 32.0 Å². The van der Waals surface area contributed by atoms with Gasteiger partial charge >= 0.3 is 0 Å². The van der Waals surface area contributed by atoms with Gasteiger partial charge in [0.25, 0.3) is 5.91 Å². The molecule has 17 heavy (non-hydrogen) atoms. The van der Waals surface area contributed by atoms with Gasteiger partial charge in [-0.25, -0.2) is 0 Å². The maximum absolute atomic E-state index is 11.9. The second-order valence-electron chi connectivity index (χ2n) is 3.80. The van der Waals surface area contributed by atoms with Crippen LogP contribution in [0.5, 0.6) is 0 Å². The number of halogens is 2. The first-order valence-electron chi connectivity index (χ1n) is 5.35. The standard InChI is InChI=1S/C12H15BrINO2/c1-8(2)17-6-5-15-12(16)10-7-9(13)3-4-11(10)14/h3-4,7-8H,5-6H2,1-2H3,(H,15,16). The van der Waals surface area contributed by atoms with Gasteiger partial charge in [0.2, 0.25) is 0 Å². The number of amides is 1. The quantitative estimate of drug-likeness (QED) is 0.596. The van der Waals surface area contributed by atoms with Gasteiger partial charge in [0.15, 0.2) is 0 Å². The van der Waals surface area contributed by atoms with Crippen LogP contribution in [0.25, 0.3) is 0 Å². The molecule has 0 heterocycles. The average molecular weight is 412 g/mol. The first-order chi connectivity index (χ1) is 8.00. The molecule has 94 valence electrons. The van der Waals surface area contributed by atoms with E-state index in [1.165, 1.54) is 0 Å². The van der Waals surface area contributed by atoms with E-state index in [0.717, 1.165) is 8.04 Å². The Bertz CT molecular complexity index is 396. The van der Waals surface area contributed by atoms with Crippen LogP contribution in [0.2, 0.25) is 0 Å². The third kappa shape index (κ3) is 5.35. The number of nitrogens with one attached hydrogen (secondary N) is 1. The molecule has 0 spiro atoms. The van der Waals surface area contributed by atoms with Gasteiger partial charge in [-0.15, -0.1) is 0 Å². The summed E-state index contributed by atoms with van der Waals surface area (Å²) in [6.45, 7) is 5.01. The van der Waals surface area contributed by atoms with E-state index in [4.69, 9.17) is 4.74 Å². The Morgan fingerprint density at radius 3 is 2.88 bits per heavy atom. The van der Waals surface area contributed by atoms with E-state index in [9.17, 15) is 4.79 Å². The molecule has 0 aromatic heterocycles. The lowest BCUT2D eigenvalue weighted by Gasteiger charge is -2.09. The molecule has 0 saturated carbocycles. The molecule has 1 amide bonds. The number of hydrogen-bond acceptors (Lipinski definition) is 2. The van der Waals surface area contributed by atoms with Crippen LogP contribution in [0.1, 0.15) is 24.2 Å². The van der Waals surface area contributed by atoms with Gasteiger partial charge in [0, 0.05) is 14.6 Å². The second-order valence-corrected chi connectivity index (χ2v) is 5.88. The number of benzene rings is 1. The van der Waals surface area contributed by atoms with Gasteiger partial charge in [-0.3, -0.25) is 4.79 Å². The maximum atomic E-state index is 11.9. The molecule has 0 unspecified atom stereocenters. The first-order valence-corrected chi connectivity index (χ1v) is 7.22. The second kappa shape index (κ2) is 7.33. The highest BCUT2D eigenvalue weighted by Gasteiger charge is 2.09. The summed E-state index contributed by atoms with van der Waals surface area (Å²) in [5, 5.41) is 2.83. The van der Waals surface area contributed by atoms with Crippen LogP contribution in [0.15, 0.2) is 22.7 Å². The molecule has 1 aromatic rings. The van der Waals surface area contributed by atoms with E-state index < -0.39 is 0 Å². The average Bonchev–Trinajstić information content (AvgIpc) is 2.27. The Kier molecular flexibility index (Phi) is 6.43. The van der Waals surface area contributed by atoms with Crippen molar-refractivity contribution in [2.75, 3.05) is 13.2 Å². The lowest BCUT2D eigenvalue weighted by Crippen LogP contribution is -2.28. The van der Waals surface area contributed by atoms with Gasteiger partial charge in [-0.2, -0.15) is 0 Å². The molecule has 3 nitrogen and oxygen atoms in total. The SMILES string of the molecule is CC(C)OCCNC(=O)c1cc(Br)ccc1I. The Balaban J connectivity index is 2.49. The Morgan fingerprint density at radius 2 is 2.24 bits per heavy atom. The highest BCUT2D eigenvalue weighted by atomic mass is 127. The van der Waals surface area contributed by atoms with E-state index in [1.54, 1.807) is 0 Å². The Labute approximate surface area is 124 Å². The van der Waals surface area contributed by atoms with E-state index in [0.29, 0.717) is 18.7 Å². The fourth-order valence-electron chi connectivity index (χ4n) is 1.23. The summed E-state index contributed by atoms with van der Waals surface area (Å²) < 4.78 is 7.20. The van der Waals surface area contributed by atoms with Crippen LogP contribution >= 0.6 is 38.5 Å². The molecule has 0 aliphatic carbocycles. The van der Waals surface area contributed by atoms with Gasteiger partial charge < -0.3 is 10.1 Å². The van der Waals surface area contributed by atoms with E-state index in [-0.39, 0.29) is 12.0 Å². The molecule has 1 N–H and O–H groups in total. The predicted octanol–water partition coefficient (Wildman–Crippen LogP) is 3.21. The zero-order valence-corrected chi connectivity index (χ0v) is 13.5. The minimum absolute atomic E-state index is 0.0666. The summed E-state index contributed by atoms with van der Waals surface area (Å²) in [4.78, 5) is 11.9. The van der Waals surface area contributed by atoms with Crippen molar-refractivity contribution in [3.63, 3.8) is 0 Å². The van der Waals surface area contributed by atoms with Crippen molar-refractivity contribution in [1.82, 2.24) is 5.32 Å². The van der Waals surface area contributed by atoms with Gasteiger partial charge in [0.05, 0.1) is 18.3 Å². The van der Waals surface area contributed by atoms with Crippen LogP contribution in [0, 0.1) is 3.57 Å². The largest absolute Gasteiger partial charge is 0.377 e. The molecule has 0 aliphatic heterocycles. The fraction of sp³-hybridized carbons (Fsp3) is 0.417. The lowest BCUT2D eigenvalue weighted by atomic mass is 10.2. The van der Waals surface area contributed by atoms with Crippen LogP contribution in [-0.4, -0.2) is 25.2 Å². The normalized spacial score (nSPS) is 10.6. The van der Waals surface area contributed by atoms with Crippen molar-refractivity contribution < 1.29 is 9.53 Å². The number of rotatable bonds is 5. The highest BCUT2D eigenvalue weighted by Crippen LogP contribution is 2.18. The lowest BCUT2D eigenvalue weighted by molar-refractivity contribution is 0.0746. The van der Waals surface area contributed by atoms with Crippen molar-refractivity contribution >= 4 is 44.4 Å². The minimum Gasteiger partial charge on any atom is -0.377 e. The molecule has 0 atom stereocenters. The first kappa shape index (κ1) is 14.9. The summed E-state index contributed by atoms with van der Waals surface area (Å²) in [5.41, 5.74) is 0.685. The molecule has 5 heteroatoms. The van der Waals surface area contributed by atoms with Crippen molar-refractivity contribution in [3.8, 4) is 0 Å². The minimum atomic E-state index is -0.0666.